The average molecular weight is 371 g/mol. The molecule has 0 heterocycles. The van der Waals surface area contributed by atoms with Crippen molar-refractivity contribution >= 4 is 33.4 Å². The lowest BCUT2D eigenvalue weighted by molar-refractivity contribution is -0.114. The molecule has 0 unspecified atom stereocenters. The molecule has 0 saturated heterocycles. The second-order valence-electron chi connectivity index (χ2n) is 6.21. The number of sulfonamides is 1. The number of hydrogen-bond donors (Lipinski definition) is 2. The molecule has 134 valence electrons. The maximum Gasteiger partial charge on any atom is 0.240 e. The van der Waals surface area contributed by atoms with Gasteiger partial charge >= 0.3 is 0 Å². The lowest BCUT2D eigenvalue weighted by atomic mass is 9.97. The van der Waals surface area contributed by atoms with Crippen molar-refractivity contribution < 1.29 is 13.2 Å². The van der Waals surface area contributed by atoms with Crippen molar-refractivity contribution in [3.8, 4) is 0 Å². The highest BCUT2D eigenvalue weighted by atomic mass is 32.2. The summed E-state index contributed by atoms with van der Waals surface area (Å²) in [5.74, 6) is -0.215. The van der Waals surface area contributed by atoms with Gasteiger partial charge in [0, 0.05) is 17.9 Å². The number of anilines is 1. The Morgan fingerprint density at radius 3 is 2.33 bits per heavy atom. The zero-order chi connectivity index (χ0) is 17.6. The van der Waals surface area contributed by atoms with E-state index in [1.807, 2.05) is 6.26 Å². The number of rotatable bonds is 5. The molecule has 0 radical (unpaired) electrons. The summed E-state index contributed by atoms with van der Waals surface area (Å²) in [4.78, 5) is 12.4. The van der Waals surface area contributed by atoms with E-state index in [-0.39, 0.29) is 16.8 Å². The van der Waals surface area contributed by atoms with Crippen molar-refractivity contribution in [1.82, 2.24) is 4.72 Å². The molecule has 0 aliphatic heterocycles. The standard InChI is InChI=1S/C17H26N2O3S2/c1-13(20)18-16-12-15(10-11-17(16)23-2)24(21,22)19-14-8-6-4-3-5-7-9-14/h10-12,14,19H,3-9H2,1-2H3,(H,18,20). The van der Waals surface area contributed by atoms with Crippen LogP contribution in [-0.4, -0.2) is 26.6 Å². The Hall–Kier alpha value is -1.05. The number of benzene rings is 1. The van der Waals surface area contributed by atoms with Gasteiger partial charge in [0.15, 0.2) is 0 Å². The van der Waals surface area contributed by atoms with E-state index >= 15 is 0 Å². The first kappa shape index (κ1) is 19.3. The monoisotopic (exact) mass is 370 g/mol. The van der Waals surface area contributed by atoms with Crippen LogP contribution < -0.4 is 10.0 Å². The van der Waals surface area contributed by atoms with Crippen LogP contribution in [0.3, 0.4) is 0 Å². The molecule has 1 aromatic rings. The van der Waals surface area contributed by atoms with Crippen LogP contribution in [0.25, 0.3) is 0 Å². The number of carbonyl (C=O) groups excluding carboxylic acids is 1. The number of carbonyl (C=O) groups is 1. The van der Waals surface area contributed by atoms with Crippen LogP contribution in [0.2, 0.25) is 0 Å². The molecule has 7 heteroatoms. The summed E-state index contributed by atoms with van der Waals surface area (Å²) in [6, 6.07) is 4.88. The number of thioether (sulfide) groups is 1. The van der Waals surface area contributed by atoms with Gasteiger partial charge in [-0.15, -0.1) is 11.8 Å². The summed E-state index contributed by atoms with van der Waals surface area (Å²) >= 11 is 1.47. The molecule has 1 amide bonds. The molecule has 1 aromatic carbocycles. The van der Waals surface area contributed by atoms with E-state index in [9.17, 15) is 13.2 Å². The van der Waals surface area contributed by atoms with Gasteiger partial charge in [-0.25, -0.2) is 13.1 Å². The number of hydrogen-bond acceptors (Lipinski definition) is 4. The van der Waals surface area contributed by atoms with Gasteiger partial charge in [-0.2, -0.15) is 0 Å². The fourth-order valence-electron chi connectivity index (χ4n) is 3.00. The fourth-order valence-corrected chi connectivity index (χ4v) is 4.87. The van der Waals surface area contributed by atoms with Crippen molar-refractivity contribution in [2.45, 2.75) is 67.7 Å². The Kier molecular flexibility index (Phi) is 7.13. The Bertz CT molecular complexity index is 666. The third kappa shape index (κ3) is 5.50. The minimum Gasteiger partial charge on any atom is -0.325 e. The third-order valence-corrected chi connectivity index (χ3v) is 6.53. The lowest BCUT2D eigenvalue weighted by Crippen LogP contribution is -2.35. The van der Waals surface area contributed by atoms with Crippen molar-refractivity contribution in [1.29, 1.82) is 0 Å². The van der Waals surface area contributed by atoms with Crippen molar-refractivity contribution in [2.24, 2.45) is 0 Å². The van der Waals surface area contributed by atoms with E-state index in [1.54, 1.807) is 18.2 Å². The number of nitrogens with one attached hydrogen (secondary N) is 2. The molecule has 1 aliphatic rings. The second kappa shape index (κ2) is 8.87. The van der Waals surface area contributed by atoms with Gasteiger partial charge in [0.2, 0.25) is 15.9 Å². The smallest absolute Gasteiger partial charge is 0.240 e. The Morgan fingerprint density at radius 2 is 1.75 bits per heavy atom. The Labute approximate surface area is 149 Å². The molecule has 2 rings (SSSR count). The average Bonchev–Trinajstić information content (AvgIpc) is 2.49. The third-order valence-electron chi connectivity index (χ3n) is 4.22. The molecule has 2 N–H and O–H groups in total. The minimum absolute atomic E-state index is 0.000238. The molecular formula is C17H26N2O3S2. The fraction of sp³-hybridized carbons (Fsp3) is 0.588. The first-order valence-corrected chi connectivity index (χ1v) is 11.1. The van der Waals surface area contributed by atoms with Gasteiger partial charge in [-0.3, -0.25) is 4.79 Å². The molecule has 0 spiro atoms. The van der Waals surface area contributed by atoms with Crippen LogP contribution in [0.5, 0.6) is 0 Å². The van der Waals surface area contributed by atoms with Gasteiger partial charge < -0.3 is 5.32 Å². The predicted octanol–water partition coefficient (Wildman–Crippen LogP) is 3.76. The van der Waals surface area contributed by atoms with Crippen LogP contribution in [0.4, 0.5) is 5.69 Å². The minimum atomic E-state index is -3.58. The van der Waals surface area contributed by atoms with E-state index < -0.39 is 10.0 Å². The number of amides is 1. The van der Waals surface area contributed by atoms with Crippen LogP contribution in [0, 0.1) is 0 Å². The summed E-state index contributed by atoms with van der Waals surface area (Å²) in [5, 5.41) is 2.71. The summed E-state index contributed by atoms with van der Waals surface area (Å²) in [6.45, 7) is 1.41. The van der Waals surface area contributed by atoms with Crippen molar-refractivity contribution in [3.63, 3.8) is 0 Å². The van der Waals surface area contributed by atoms with E-state index in [0.717, 1.165) is 30.6 Å². The van der Waals surface area contributed by atoms with Crippen LogP contribution in [0.1, 0.15) is 51.9 Å². The van der Waals surface area contributed by atoms with E-state index in [0.29, 0.717) is 5.69 Å². The van der Waals surface area contributed by atoms with Crippen LogP contribution in [0.15, 0.2) is 28.0 Å². The molecule has 0 aromatic heterocycles. The van der Waals surface area contributed by atoms with Crippen LogP contribution >= 0.6 is 11.8 Å². The summed E-state index contributed by atoms with van der Waals surface area (Å²) in [7, 11) is -3.58. The van der Waals surface area contributed by atoms with E-state index in [2.05, 4.69) is 10.0 Å². The van der Waals surface area contributed by atoms with Gasteiger partial charge in [0.25, 0.3) is 0 Å². The van der Waals surface area contributed by atoms with E-state index in [4.69, 9.17) is 0 Å². The molecule has 0 bridgehead atoms. The molecule has 1 aliphatic carbocycles. The lowest BCUT2D eigenvalue weighted by Gasteiger charge is -2.21. The largest absolute Gasteiger partial charge is 0.325 e. The topological polar surface area (TPSA) is 75.3 Å². The Morgan fingerprint density at radius 1 is 1.12 bits per heavy atom. The molecule has 1 fully saturated rings. The normalized spacial score (nSPS) is 17.1. The van der Waals surface area contributed by atoms with Gasteiger partial charge in [0.05, 0.1) is 10.6 Å². The van der Waals surface area contributed by atoms with Crippen molar-refractivity contribution in [3.05, 3.63) is 18.2 Å². The van der Waals surface area contributed by atoms with Gasteiger partial charge in [-0.1, -0.05) is 32.1 Å². The summed E-state index contributed by atoms with van der Waals surface area (Å²) < 4.78 is 28.3. The highest BCUT2D eigenvalue weighted by Gasteiger charge is 2.21. The maximum absolute atomic E-state index is 12.7. The highest BCUT2D eigenvalue weighted by Crippen LogP contribution is 2.28. The predicted molar refractivity (Wildman–Crippen MR) is 99.0 cm³/mol. The van der Waals surface area contributed by atoms with Gasteiger partial charge in [-0.05, 0) is 37.3 Å². The molecular weight excluding hydrogens is 344 g/mol. The van der Waals surface area contributed by atoms with E-state index in [1.165, 1.54) is 37.9 Å². The first-order chi connectivity index (χ1) is 11.4. The zero-order valence-corrected chi connectivity index (χ0v) is 15.9. The highest BCUT2D eigenvalue weighted by molar-refractivity contribution is 7.98. The molecule has 0 atom stereocenters. The molecule has 24 heavy (non-hydrogen) atoms. The molecule has 5 nitrogen and oxygen atoms in total. The van der Waals surface area contributed by atoms with Crippen LogP contribution in [-0.2, 0) is 14.8 Å². The first-order valence-electron chi connectivity index (χ1n) is 8.40. The zero-order valence-electron chi connectivity index (χ0n) is 14.3. The second-order valence-corrected chi connectivity index (χ2v) is 8.77. The summed E-state index contributed by atoms with van der Waals surface area (Å²) in [6.07, 6.45) is 9.39. The van der Waals surface area contributed by atoms with Gasteiger partial charge in [0.1, 0.15) is 0 Å². The maximum atomic E-state index is 12.7. The SMILES string of the molecule is CSc1ccc(S(=O)(=O)NC2CCCCCCC2)cc1NC(C)=O. The van der Waals surface area contributed by atoms with Crippen molar-refractivity contribution in [2.75, 3.05) is 11.6 Å². The Balaban J connectivity index is 2.19. The molecule has 1 saturated carbocycles. The quantitative estimate of drug-likeness (QED) is 0.774. The summed E-state index contributed by atoms with van der Waals surface area (Å²) in [5.41, 5.74) is 0.538.